The van der Waals surface area contributed by atoms with Gasteiger partial charge in [-0.2, -0.15) is 0 Å². The van der Waals surface area contributed by atoms with Crippen LogP contribution in [0.2, 0.25) is 0 Å². The van der Waals surface area contributed by atoms with Gasteiger partial charge in [-0.3, -0.25) is 0 Å². The lowest BCUT2D eigenvalue weighted by molar-refractivity contribution is 0.303. The topological polar surface area (TPSA) is 25.8 Å². The summed E-state index contributed by atoms with van der Waals surface area (Å²) in [5.41, 5.74) is 2.99. The first kappa shape index (κ1) is 19.5. The number of hydrogen-bond donors (Lipinski definition) is 0. The summed E-state index contributed by atoms with van der Waals surface area (Å²) in [7, 11) is 0. The zero-order valence-corrected chi connectivity index (χ0v) is 17.4. The Hall–Kier alpha value is -1.22. The molecule has 1 aliphatic carbocycles. The predicted molar refractivity (Wildman–Crippen MR) is 112 cm³/mol. The molecule has 0 amide bonds. The zero-order valence-electron chi connectivity index (χ0n) is 16.5. The molecular formula is C23H34N2S. The lowest BCUT2D eigenvalue weighted by atomic mass is 9.77. The molecule has 0 saturated heterocycles. The van der Waals surface area contributed by atoms with E-state index in [1.807, 2.05) is 0 Å². The lowest BCUT2D eigenvalue weighted by Crippen LogP contribution is -2.13. The van der Waals surface area contributed by atoms with Crippen LogP contribution in [-0.4, -0.2) is 10.2 Å². The summed E-state index contributed by atoms with van der Waals surface area (Å²) in [5.74, 6) is 1.79. The standard InChI is InChI=1S/C23H34N2S/c1-3-5-6-7-18-8-13-20(14-9-18)21-15-10-19(11-16-21)12-17-23-25-24-22(4-2)26-23/h10-11,15-16,18,20H,3-9,12-14,17H2,1-2H3. The van der Waals surface area contributed by atoms with Crippen LogP contribution < -0.4 is 0 Å². The van der Waals surface area contributed by atoms with Gasteiger partial charge in [0.1, 0.15) is 10.0 Å². The van der Waals surface area contributed by atoms with Gasteiger partial charge in [-0.1, -0.05) is 63.8 Å². The van der Waals surface area contributed by atoms with Crippen molar-refractivity contribution in [1.82, 2.24) is 10.2 Å². The largest absolute Gasteiger partial charge is 0.144 e. The second-order valence-corrected chi connectivity index (χ2v) is 9.04. The molecule has 0 bridgehead atoms. The summed E-state index contributed by atoms with van der Waals surface area (Å²) in [4.78, 5) is 0. The Kier molecular flexibility index (Phi) is 7.67. The van der Waals surface area contributed by atoms with Crippen LogP contribution in [0.15, 0.2) is 24.3 Å². The van der Waals surface area contributed by atoms with Crippen LogP contribution in [0.5, 0.6) is 0 Å². The number of nitrogens with zero attached hydrogens (tertiary/aromatic N) is 2. The van der Waals surface area contributed by atoms with Crippen molar-refractivity contribution >= 4 is 11.3 Å². The maximum Gasteiger partial charge on any atom is 0.117 e. The van der Waals surface area contributed by atoms with E-state index in [9.17, 15) is 0 Å². The third-order valence-electron chi connectivity index (χ3n) is 5.95. The Bertz CT molecular complexity index is 638. The molecule has 2 nitrogen and oxygen atoms in total. The van der Waals surface area contributed by atoms with Gasteiger partial charge in [0.25, 0.3) is 0 Å². The Labute approximate surface area is 163 Å². The zero-order chi connectivity index (χ0) is 18.2. The van der Waals surface area contributed by atoms with Crippen LogP contribution in [0.3, 0.4) is 0 Å². The van der Waals surface area contributed by atoms with E-state index in [0.29, 0.717) is 0 Å². The van der Waals surface area contributed by atoms with E-state index in [1.54, 1.807) is 16.9 Å². The molecule has 1 aliphatic rings. The summed E-state index contributed by atoms with van der Waals surface area (Å²) >= 11 is 1.76. The smallest absolute Gasteiger partial charge is 0.117 e. The number of hydrogen-bond acceptors (Lipinski definition) is 3. The summed E-state index contributed by atoms with van der Waals surface area (Å²) < 4.78 is 0. The highest BCUT2D eigenvalue weighted by atomic mass is 32.1. The van der Waals surface area contributed by atoms with Crippen LogP contribution in [0.1, 0.15) is 92.3 Å². The molecule has 3 heteroatoms. The van der Waals surface area contributed by atoms with E-state index in [4.69, 9.17) is 0 Å². The molecule has 1 fully saturated rings. The van der Waals surface area contributed by atoms with E-state index in [0.717, 1.165) is 36.1 Å². The van der Waals surface area contributed by atoms with Crippen molar-refractivity contribution in [2.75, 3.05) is 0 Å². The number of aryl methyl sites for hydroxylation is 3. The number of benzene rings is 1. The van der Waals surface area contributed by atoms with Crippen LogP contribution in [0, 0.1) is 5.92 Å². The van der Waals surface area contributed by atoms with E-state index < -0.39 is 0 Å². The van der Waals surface area contributed by atoms with Crippen molar-refractivity contribution in [3.05, 3.63) is 45.4 Å². The third kappa shape index (κ3) is 5.64. The average Bonchev–Trinajstić information content (AvgIpc) is 3.16. The Morgan fingerprint density at radius 2 is 1.62 bits per heavy atom. The molecule has 0 radical (unpaired) electrons. The molecule has 26 heavy (non-hydrogen) atoms. The van der Waals surface area contributed by atoms with Gasteiger partial charge in [0, 0.05) is 6.42 Å². The summed E-state index contributed by atoms with van der Waals surface area (Å²) in [5, 5.41) is 10.8. The fraction of sp³-hybridized carbons (Fsp3) is 0.652. The van der Waals surface area contributed by atoms with Crippen LogP contribution >= 0.6 is 11.3 Å². The molecule has 0 atom stereocenters. The fourth-order valence-electron chi connectivity index (χ4n) is 4.21. The minimum Gasteiger partial charge on any atom is -0.144 e. The first-order valence-electron chi connectivity index (χ1n) is 10.7. The Balaban J connectivity index is 1.44. The van der Waals surface area contributed by atoms with E-state index >= 15 is 0 Å². The number of rotatable bonds is 9. The highest BCUT2D eigenvalue weighted by Gasteiger charge is 2.21. The molecule has 1 aromatic heterocycles. The summed E-state index contributed by atoms with van der Waals surface area (Å²) in [6.45, 7) is 4.44. The molecule has 1 saturated carbocycles. The SMILES string of the molecule is CCCCCC1CCC(c2ccc(CCc3nnc(CC)s3)cc2)CC1. The van der Waals surface area contributed by atoms with E-state index in [-0.39, 0.29) is 0 Å². The second kappa shape index (κ2) is 10.2. The quantitative estimate of drug-likeness (QED) is 0.457. The fourth-order valence-corrected chi connectivity index (χ4v) is 4.99. The summed E-state index contributed by atoms with van der Waals surface area (Å²) in [6, 6.07) is 9.44. The molecule has 1 heterocycles. The normalized spacial score (nSPS) is 20.4. The Morgan fingerprint density at radius 3 is 2.27 bits per heavy atom. The molecule has 0 spiro atoms. The van der Waals surface area contributed by atoms with Gasteiger partial charge in [0.05, 0.1) is 0 Å². The highest BCUT2D eigenvalue weighted by molar-refractivity contribution is 7.11. The third-order valence-corrected chi connectivity index (χ3v) is 7.08. The molecular weight excluding hydrogens is 336 g/mol. The monoisotopic (exact) mass is 370 g/mol. The van der Waals surface area contributed by atoms with Gasteiger partial charge in [-0.05, 0) is 61.5 Å². The van der Waals surface area contributed by atoms with E-state index in [2.05, 4.69) is 48.3 Å². The van der Waals surface area contributed by atoms with Crippen molar-refractivity contribution in [2.45, 2.75) is 90.4 Å². The average molecular weight is 371 g/mol. The first-order valence-corrected chi connectivity index (χ1v) is 11.5. The maximum absolute atomic E-state index is 4.30. The molecule has 0 unspecified atom stereocenters. The van der Waals surface area contributed by atoms with Gasteiger partial charge < -0.3 is 0 Å². The minimum atomic E-state index is 0.793. The molecule has 0 N–H and O–H groups in total. The van der Waals surface area contributed by atoms with Gasteiger partial charge >= 0.3 is 0 Å². The van der Waals surface area contributed by atoms with Crippen molar-refractivity contribution in [3.8, 4) is 0 Å². The Morgan fingerprint density at radius 1 is 0.885 bits per heavy atom. The highest BCUT2D eigenvalue weighted by Crippen LogP contribution is 2.37. The molecule has 1 aromatic carbocycles. The molecule has 3 rings (SSSR count). The summed E-state index contributed by atoms with van der Waals surface area (Å²) in [6.07, 6.45) is 14.4. The van der Waals surface area contributed by atoms with Crippen molar-refractivity contribution < 1.29 is 0 Å². The van der Waals surface area contributed by atoms with E-state index in [1.165, 1.54) is 61.9 Å². The first-order chi connectivity index (χ1) is 12.8. The van der Waals surface area contributed by atoms with Crippen LogP contribution in [-0.2, 0) is 19.3 Å². The second-order valence-electron chi connectivity index (χ2n) is 7.90. The van der Waals surface area contributed by atoms with Gasteiger partial charge in [-0.25, -0.2) is 0 Å². The lowest BCUT2D eigenvalue weighted by Gasteiger charge is -2.29. The van der Waals surface area contributed by atoms with Gasteiger partial charge in [0.15, 0.2) is 0 Å². The minimum absolute atomic E-state index is 0.793. The molecule has 142 valence electrons. The van der Waals surface area contributed by atoms with Crippen molar-refractivity contribution in [2.24, 2.45) is 5.92 Å². The van der Waals surface area contributed by atoms with Gasteiger partial charge in [0.2, 0.25) is 0 Å². The molecule has 0 aliphatic heterocycles. The van der Waals surface area contributed by atoms with Crippen LogP contribution in [0.4, 0.5) is 0 Å². The van der Waals surface area contributed by atoms with Gasteiger partial charge in [-0.15, -0.1) is 21.5 Å². The maximum atomic E-state index is 4.30. The number of unbranched alkanes of at least 4 members (excludes halogenated alkanes) is 2. The number of aromatic nitrogens is 2. The molecule has 2 aromatic rings. The van der Waals surface area contributed by atoms with Crippen LogP contribution in [0.25, 0.3) is 0 Å². The van der Waals surface area contributed by atoms with Crippen molar-refractivity contribution in [3.63, 3.8) is 0 Å². The van der Waals surface area contributed by atoms with Crippen molar-refractivity contribution in [1.29, 1.82) is 0 Å². The predicted octanol–water partition coefficient (Wildman–Crippen LogP) is 6.74.